The van der Waals surface area contributed by atoms with Crippen LogP contribution in [-0.4, -0.2) is 86.8 Å². The fourth-order valence-electron chi connectivity index (χ4n) is 8.64. The number of fused-ring (bicyclic) bond motifs is 1. The maximum atomic E-state index is 13.1. The van der Waals surface area contributed by atoms with Crippen molar-refractivity contribution in [2.45, 2.75) is 55.9 Å². The average Bonchev–Trinajstić information content (AvgIpc) is 3.50. The first kappa shape index (κ1) is 28.4. The number of aliphatic hydroxyl groups is 1. The number of carbonyl (C=O) groups is 2. The van der Waals surface area contributed by atoms with Crippen LogP contribution in [0.1, 0.15) is 32.3 Å². The molecule has 2 aromatic rings. The molecule has 2 aromatic carbocycles. The van der Waals surface area contributed by atoms with E-state index in [9.17, 15) is 14.7 Å². The third kappa shape index (κ3) is 3.91. The molecule has 2 N–H and O–H groups in total. The maximum Gasteiger partial charge on any atom is 0.412 e. The van der Waals surface area contributed by atoms with Crippen molar-refractivity contribution in [3.8, 4) is 17.2 Å². The van der Waals surface area contributed by atoms with E-state index in [-0.39, 0.29) is 12.6 Å². The summed E-state index contributed by atoms with van der Waals surface area (Å²) in [6.45, 7) is 4.88. The van der Waals surface area contributed by atoms with Gasteiger partial charge in [0, 0.05) is 49.1 Å². The highest BCUT2D eigenvalue weighted by molar-refractivity contribution is 5.73. The van der Waals surface area contributed by atoms with Crippen molar-refractivity contribution >= 4 is 17.7 Å². The summed E-state index contributed by atoms with van der Waals surface area (Å²) >= 11 is 0. The lowest BCUT2D eigenvalue weighted by molar-refractivity contribution is -0.216. The molecule has 0 radical (unpaired) electrons. The van der Waals surface area contributed by atoms with E-state index in [1.165, 1.54) is 6.92 Å². The van der Waals surface area contributed by atoms with Gasteiger partial charge in [-0.2, -0.15) is 0 Å². The molecule has 0 aromatic heterocycles. The summed E-state index contributed by atoms with van der Waals surface area (Å²) in [5, 5.41) is 15.9. The van der Waals surface area contributed by atoms with E-state index in [2.05, 4.69) is 40.3 Å². The Labute approximate surface area is 246 Å². The monoisotopic (exact) mass is 577 g/mol. The van der Waals surface area contributed by atoms with E-state index in [1.54, 1.807) is 38.5 Å². The highest BCUT2D eigenvalue weighted by atomic mass is 16.6. The zero-order valence-corrected chi connectivity index (χ0v) is 24.8. The van der Waals surface area contributed by atoms with Gasteiger partial charge in [-0.25, -0.2) is 4.79 Å². The zero-order chi connectivity index (χ0) is 29.9. The minimum Gasteiger partial charge on any atom is -0.497 e. The molecule has 4 aliphatic rings. The van der Waals surface area contributed by atoms with Crippen LogP contribution in [0.5, 0.6) is 17.2 Å². The Morgan fingerprint density at radius 2 is 1.74 bits per heavy atom. The van der Waals surface area contributed by atoms with E-state index in [4.69, 9.17) is 18.9 Å². The molecule has 3 heterocycles. The quantitative estimate of drug-likeness (QED) is 0.379. The second kappa shape index (κ2) is 10.2. The Kier molecular flexibility index (Phi) is 6.89. The number of anilines is 1. The molecule has 1 saturated carbocycles. The standard InChI is InChI=1S/C32H39N3O7/c1-6-30-14-7-16-35-17-15-31(26(30)35)24-13-12-23(40-5)18-25(24)34(3)27(31)32(38,28(30)41-20(2)36)19-33-29(37)42-22-10-8-21(39-4)9-11-22/h7-14,18,26-28,38H,6,15-17,19H2,1-5H3,(H,33,37)/t26-,27+,28+,30+,31+,32?/m0/s1. The van der Waals surface area contributed by atoms with Crippen LogP contribution in [0, 0.1) is 5.41 Å². The molecule has 1 saturated heterocycles. The smallest absolute Gasteiger partial charge is 0.412 e. The van der Waals surface area contributed by atoms with Crippen LogP contribution in [-0.2, 0) is 14.9 Å². The van der Waals surface area contributed by atoms with E-state index >= 15 is 0 Å². The number of nitrogens with zero attached hydrogens (tertiary/aromatic N) is 2. The van der Waals surface area contributed by atoms with Crippen molar-refractivity contribution in [3.63, 3.8) is 0 Å². The van der Waals surface area contributed by atoms with Gasteiger partial charge in [0.15, 0.2) is 0 Å². The summed E-state index contributed by atoms with van der Waals surface area (Å²) in [7, 11) is 5.16. The molecule has 224 valence electrons. The second-order valence-electron chi connectivity index (χ2n) is 11.9. The first-order chi connectivity index (χ1) is 20.1. The predicted molar refractivity (Wildman–Crippen MR) is 156 cm³/mol. The Morgan fingerprint density at radius 1 is 1.05 bits per heavy atom. The number of hydrogen-bond donors (Lipinski definition) is 2. The number of amides is 1. The van der Waals surface area contributed by atoms with Crippen LogP contribution in [0.4, 0.5) is 10.5 Å². The average molecular weight is 578 g/mol. The number of rotatable bonds is 7. The number of esters is 1. The number of carbonyl (C=O) groups excluding carboxylic acids is 2. The Balaban J connectivity index is 1.45. The summed E-state index contributed by atoms with van der Waals surface area (Å²) in [5.74, 6) is 1.21. The van der Waals surface area contributed by atoms with E-state index in [1.807, 2.05) is 19.2 Å². The molecule has 42 heavy (non-hydrogen) atoms. The van der Waals surface area contributed by atoms with Crippen LogP contribution in [0.25, 0.3) is 0 Å². The molecule has 6 atom stereocenters. The molecule has 10 nitrogen and oxygen atoms in total. The molecule has 6 rings (SSSR count). The van der Waals surface area contributed by atoms with Crippen LogP contribution >= 0.6 is 0 Å². The summed E-state index contributed by atoms with van der Waals surface area (Å²) in [5.41, 5.74) is -0.782. The number of likely N-dealkylation sites (N-methyl/N-ethyl adjacent to an activating group) is 1. The van der Waals surface area contributed by atoms with Crippen LogP contribution in [0.15, 0.2) is 54.6 Å². The Hall–Kier alpha value is -3.76. The number of methoxy groups -OCH3 is 2. The van der Waals surface area contributed by atoms with Gasteiger partial charge in [0.05, 0.1) is 26.8 Å². The summed E-state index contributed by atoms with van der Waals surface area (Å²) < 4.78 is 22.4. The van der Waals surface area contributed by atoms with Crippen LogP contribution in [0.3, 0.4) is 0 Å². The van der Waals surface area contributed by atoms with Crippen LogP contribution < -0.4 is 24.4 Å². The first-order valence-electron chi connectivity index (χ1n) is 14.5. The minimum absolute atomic E-state index is 0.0297. The topological polar surface area (TPSA) is 110 Å². The molecule has 1 spiro atoms. The minimum atomic E-state index is -1.68. The van der Waals surface area contributed by atoms with E-state index in [0.717, 1.165) is 36.5 Å². The normalized spacial score (nSPS) is 32.4. The fraction of sp³-hybridized carbons (Fsp3) is 0.500. The third-order valence-corrected chi connectivity index (χ3v) is 10.0. The summed E-state index contributed by atoms with van der Waals surface area (Å²) in [6, 6.07) is 12.2. The lowest BCUT2D eigenvalue weighted by Gasteiger charge is -2.64. The third-order valence-electron chi connectivity index (χ3n) is 10.0. The van der Waals surface area contributed by atoms with Gasteiger partial charge < -0.3 is 34.3 Å². The summed E-state index contributed by atoms with van der Waals surface area (Å²) in [6.07, 6.45) is 4.05. The van der Waals surface area contributed by atoms with E-state index in [0.29, 0.717) is 17.9 Å². The van der Waals surface area contributed by atoms with Crippen molar-refractivity contribution in [2.75, 3.05) is 45.8 Å². The van der Waals surface area contributed by atoms with Crippen molar-refractivity contribution in [3.05, 3.63) is 60.2 Å². The lowest BCUT2D eigenvalue weighted by Crippen LogP contribution is -2.81. The largest absolute Gasteiger partial charge is 0.497 e. The number of nitrogens with one attached hydrogen (secondary N) is 1. The van der Waals surface area contributed by atoms with Crippen molar-refractivity contribution in [2.24, 2.45) is 5.41 Å². The van der Waals surface area contributed by atoms with Gasteiger partial charge in [0.2, 0.25) is 0 Å². The second-order valence-corrected chi connectivity index (χ2v) is 11.9. The van der Waals surface area contributed by atoms with Crippen molar-refractivity contribution in [1.29, 1.82) is 0 Å². The van der Waals surface area contributed by atoms with Crippen molar-refractivity contribution < 1.29 is 33.6 Å². The van der Waals surface area contributed by atoms with Gasteiger partial charge in [-0.1, -0.05) is 25.1 Å². The molecule has 10 heteroatoms. The number of ether oxygens (including phenoxy) is 4. The Bertz CT molecular complexity index is 1410. The molecular weight excluding hydrogens is 538 g/mol. The van der Waals surface area contributed by atoms with Gasteiger partial charge in [-0.15, -0.1) is 0 Å². The molecule has 1 amide bonds. The van der Waals surface area contributed by atoms with Gasteiger partial charge in [0.25, 0.3) is 0 Å². The first-order valence-corrected chi connectivity index (χ1v) is 14.5. The molecule has 3 aliphatic heterocycles. The van der Waals surface area contributed by atoms with Crippen molar-refractivity contribution in [1.82, 2.24) is 10.2 Å². The maximum absolute atomic E-state index is 13.1. The molecular formula is C32H39N3O7. The zero-order valence-electron chi connectivity index (χ0n) is 24.8. The molecule has 1 unspecified atom stereocenters. The van der Waals surface area contributed by atoms with Gasteiger partial charge >= 0.3 is 12.1 Å². The lowest BCUT2D eigenvalue weighted by atomic mass is 9.47. The van der Waals surface area contributed by atoms with Gasteiger partial charge in [-0.05, 0) is 55.3 Å². The highest BCUT2D eigenvalue weighted by Crippen LogP contribution is 2.67. The van der Waals surface area contributed by atoms with Gasteiger partial charge in [0.1, 0.15) is 29.0 Å². The molecule has 2 fully saturated rings. The van der Waals surface area contributed by atoms with Crippen LogP contribution in [0.2, 0.25) is 0 Å². The summed E-state index contributed by atoms with van der Waals surface area (Å²) in [4.78, 5) is 30.4. The fourth-order valence-corrected chi connectivity index (χ4v) is 8.64. The molecule has 0 bridgehead atoms. The number of hydrogen-bond acceptors (Lipinski definition) is 9. The predicted octanol–water partition coefficient (Wildman–Crippen LogP) is 3.27. The molecule has 1 aliphatic carbocycles. The van der Waals surface area contributed by atoms with Gasteiger partial charge in [-0.3, -0.25) is 9.69 Å². The Morgan fingerprint density at radius 3 is 2.40 bits per heavy atom. The SMILES string of the molecule is CC[C@]12C=CCN3CC[C@@]4(c5ccc(OC)cc5N(C)[C@H]4C(O)(CNC(=O)Oc4ccc(OC)cc4)[C@@H]1OC(C)=O)[C@@H]32. The highest BCUT2D eigenvalue weighted by Gasteiger charge is 2.77. The van der Waals surface area contributed by atoms with E-state index < -0.39 is 40.6 Å². The number of benzene rings is 2.